The molecule has 0 aliphatic heterocycles. The minimum Gasteiger partial charge on any atom is -0.483 e. The topological polar surface area (TPSA) is 222 Å². The van der Waals surface area contributed by atoms with Gasteiger partial charge >= 0.3 is 0 Å². The van der Waals surface area contributed by atoms with Gasteiger partial charge in [-0.3, -0.25) is 38.4 Å². The molecule has 0 saturated carbocycles. The molecule has 4 N–H and O–H groups in total. The summed E-state index contributed by atoms with van der Waals surface area (Å²) in [5.74, 6) is -1.28. The van der Waals surface area contributed by atoms with Crippen molar-refractivity contribution in [2.75, 3.05) is 47.7 Å². The number of anilines is 4. The third-order valence-corrected chi connectivity index (χ3v) is 22.1. The summed E-state index contributed by atoms with van der Waals surface area (Å²) in [6.45, 7) is 23.6. The molecule has 128 heavy (non-hydrogen) atoms. The van der Waals surface area contributed by atoms with Gasteiger partial charge in [0.2, 0.25) is 0 Å². The number of fused-ring (bicyclic) bond motifs is 8. The number of hydrogen-bond acceptors (Lipinski definition) is 12. The van der Waals surface area contributed by atoms with Gasteiger partial charge in [-0.2, -0.15) is 0 Å². The first-order chi connectivity index (χ1) is 61.2. The van der Waals surface area contributed by atoms with Crippen LogP contribution in [0.1, 0.15) is 214 Å². The molecule has 0 heterocycles. The predicted molar refractivity (Wildman–Crippen MR) is 513 cm³/mol. The van der Waals surface area contributed by atoms with E-state index in [-0.39, 0.29) is 48.8 Å². The lowest BCUT2D eigenvalue weighted by atomic mass is 9.79. The van der Waals surface area contributed by atoms with Gasteiger partial charge in [0.25, 0.3) is 23.6 Å². The van der Waals surface area contributed by atoms with E-state index in [1.165, 1.54) is 24.3 Å². The second-order valence-electron chi connectivity index (χ2n) is 36.3. The van der Waals surface area contributed by atoms with Crippen LogP contribution in [0.4, 0.5) is 22.7 Å². The second-order valence-corrected chi connectivity index (χ2v) is 36.3. The number of nitrogens with one attached hydrogen (secondary N) is 4. The number of amides is 4. The highest BCUT2D eigenvalue weighted by Gasteiger charge is 2.32. The summed E-state index contributed by atoms with van der Waals surface area (Å²) in [6, 6.07) is 81.6. The van der Waals surface area contributed by atoms with Crippen LogP contribution in [0, 0.1) is 0 Å². The molecule has 12 aromatic rings. The number of rotatable bonds is 28. The maximum Gasteiger partial charge on any atom is 0.262 e. The Labute approximate surface area is 750 Å². The molecule has 8 bridgehead atoms. The number of carbonyl (C=O) groups excluding carboxylic acids is 8. The van der Waals surface area contributed by atoms with Crippen molar-refractivity contribution in [3.63, 3.8) is 0 Å². The Morgan fingerprint density at radius 3 is 0.562 bits per heavy atom. The van der Waals surface area contributed by atoms with Crippen molar-refractivity contribution in [2.24, 2.45) is 0 Å². The molecule has 0 fully saturated rings. The van der Waals surface area contributed by atoms with E-state index in [1.54, 1.807) is 121 Å². The first-order valence-electron chi connectivity index (χ1n) is 43.0. The van der Waals surface area contributed by atoms with Gasteiger partial charge in [0.05, 0.1) is 0 Å². The quantitative estimate of drug-likeness (QED) is 0.0266. The fraction of sp³-hybridized carbons (Fsp3) is 0.214. The van der Waals surface area contributed by atoms with Gasteiger partial charge in [0.15, 0.2) is 49.6 Å². The molecule has 4 amide bonds. The smallest absolute Gasteiger partial charge is 0.262 e. The number of carbonyl (C=O) groups is 8. The zero-order chi connectivity index (χ0) is 90.9. The molecule has 16 nitrogen and oxygen atoms in total. The molecule has 12 aromatic carbocycles. The highest BCUT2D eigenvalue weighted by molar-refractivity contribution is 6.10. The van der Waals surface area contributed by atoms with E-state index in [4.69, 9.17) is 18.9 Å². The SMILES string of the molecule is CC(C)(C)c1cc2c(OCC(=O)Nc3ccc(C(=O)/C=C/c4ccccc4)cc3)c(c1)Cc1cc(C(C)(C)C)cc(c1OCC(=O)Nc1ccc(C(=O)/C=C/c3ccccc3)cc1)Cc1cc(C(C)(C)C)cc(c1OCC(=O)Nc1ccc(C(=O)/C=C/c3ccccc3)cc1)Cc1cc(C(C)(C)C)cc(c1OCC(=O)Nc1ccc(C(=O)/C=C/c3ccccc3)cc1)C2. The Hall–Kier alpha value is -14.6. The van der Waals surface area contributed by atoms with E-state index >= 15 is 0 Å². The molecule has 13 rings (SSSR count). The third kappa shape index (κ3) is 24.9. The molecule has 648 valence electrons. The number of benzene rings is 12. The molecular formula is C112H108N4O12. The molecule has 1 aliphatic carbocycles. The molecule has 0 saturated heterocycles. The lowest BCUT2D eigenvalue weighted by molar-refractivity contribution is -0.118. The van der Waals surface area contributed by atoms with Crippen molar-refractivity contribution in [1.29, 1.82) is 0 Å². The molecular weight excluding hydrogens is 1590 g/mol. The first kappa shape index (κ1) is 91.1. The summed E-state index contributed by atoms with van der Waals surface area (Å²) in [7, 11) is 0. The van der Waals surface area contributed by atoms with Crippen LogP contribution in [0.25, 0.3) is 24.3 Å². The molecule has 0 unspecified atom stereocenters. The summed E-state index contributed by atoms with van der Waals surface area (Å²) in [4.78, 5) is 113. The summed E-state index contributed by atoms with van der Waals surface area (Å²) >= 11 is 0. The zero-order valence-electron chi connectivity index (χ0n) is 74.6. The van der Waals surface area contributed by atoms with E-state index < -0.39 is 71.7 Å². The van der Waals surface area contributed by atoms with Gasteiger partial charge in [-0.1, -0.05) is 277 Å². The van der Waals surface area contributed by atoms with E-state index in [0.717, 1.165) is 44.5 Å². The van der Waals surface area contributed by atoms with E-state index in [9.17, 15) is 38.4 Å². The maximum atomic E-state index is 14.8. The fourth-order valence-electron chi connectivity index (χ4n) is 14.9. The van der Waals surface area contributed by atoms with Crippen molar-refractivity contribution in [3.8, 4) is 23.0 Å². The van der Waals surface area contributed by atoms with Gasteiger partial charge in [0.1, 0.15) is 23.0 Å². The summed E-state index contributed by atoms with van der Waals surface area (Å²) < 4.78 is 28.5. The Morgan fingerprint density at radius 1 is 0.242 bits per heavy atom. The second kappa shape index (κ2) is 40.6. The van der Waals surface area contributed by atoms with Crippen LogP contribution in [0.5, 0.6) is 23.0 Å². The molecule has 1 aliphatic rings. The van der Waals surface area contributed by atoms with Crippen molar-refractivity contribution in [2.45, 2.75) is 130 Å². The van der Waals surface area contributed by atoms with E-state index in [1.807, 2.05) is 121 Å². The molecule has 0 aromatic heterocycles. The molecule has 0 spiro atoms. The normalized spacial score (nSPS) is 12.3. The van der Waals surface area contributed by atoms with Crippen LogP contribution in [0.2, 0.25) is 0 Å². The van der Waals surface area contributed by atoms with Crippen molar-refractivity contribution in [3.05, 3.63) is 402 Å². The van der Waals surface area contributed by atoms with Gasteiger partial charge in [0, 0.05) is 70.7 Å². The van der Waals surface area contributed by atoms with Crippen molar-refractivity contribution in [1.82, 2.24) is 0 Å². The van der Waals surface area contributed by atoms with Crippen LogP contribution in [0.3, 0.4) is 0 Å². The van der Waals surface area contributed by atoms with Gasteiger partial charge in [-0.05, 0) is 232 Å². The lowest BCUT2D eigenvalue weighted by Crippen LogP contribution is -2.23. The minimum absolute atomic E-state index is 0.108. The fourth-order valence-corrected chi connectivity index (χ4v) is 14.9. The van der Waals surface area contributed by atoms with Crippen LogP contribution >= 0.6 is 0 Å². The van der Waals surface area contributed by atoms with Crippen molar-refractivity contribution >= 4 is 93.8 Å². The largest absolute Gasteiger partial charge is 0.483 e. The molecule has 0 radical (unpaired) electrons. The predicted octanol–water partition coefficient (Wildman–Crippen LogP) is 23.2. The summed E-state index contributed by atoms with van der Waals surface area (Å²) in [5, 5.41) is 12.1. The zero-order valence-corrected chi connectivity index (χ0v) is 74.6. The Kier molecular flexibility index (Phi) is 28.9. The number of hydrogen-bond donors (Lipinski definition) is 4. The van der Waals surface area contributed by atoms with Gasteiger partial charge in [-0.25, -0.2) is 0 Å². The third-order valence-electron chi connectivity index (χ3n) is 22.1. The standard InChI is InChI=1S/C112H108N4O12/c1-109(2,3)89-61-81-57-83-63-90(110(4,5)6)65-85(106(83)126-70-102(122)114-94-47-39-78(40-48-94)98(118)54-34-74-27-19-14-20-28-74)59-87-67-92(112(10,11)12)68-88(108(87)128-72-104(124)116-96-51-43-80(44-52-96)100(120)56-36-76-31-23-16-24-32-76)60-86-66-91(111(7,8)9)64-84(107(86)127-71-103(123)115-95-49-41-79(42-50-95)99(119)55-35-75-29-21-15-22-30-75)58-82(62-89)105(81)125-69-101(121)113-93-45-37-77(38-46-93)97(117)53-33-73-25-17-13-18-26-73/h13-56,61-68H,57-60,69-72H2,1-12H3,(H,113,121)(H,114,122)(H,115,123)(H,116,124)/b53-33+,54-34+,55-35+,56-36+. The van der Waals surface area contributed by atoms with Crippen molar-refractivity contribution < 1.29 is 57.3 Å². The van der Waals surface area contributed by atoms with E-state index in [0.29, 0.717) is 113 Å². The highest BCUT2D eigenvalue weighted by atomic mass is 16.5. The summed E-state index contributed by atoms with van der Waals surface area (Å²) in [5.41, 5.74) is 13.9. The highest BCUT2D eigenvalue weighted by Crippen LogP contribution is 2.45. The Balaban J connectivity index is 0.943. The average Bonchev–Trinajstić information content (AvgIpc) is 0.751. The Bertz CT molecular complexity index is 5350. The number of allylic oxidation sites excluding steroid dienone is 4. The van der Waals surface area contributed by atoms with Gasteiger partial charge in [-0.15, -0.1) is 0 Å². The first-order valence-corrected chi connectivity index (χ1v) is 43.0. The molecule has 16 heteroatoms. The van der Waals surface area contributed by atoms with E-state index in [2.05, 4.69) is 153 Å². The van der Waals surface area contributed by atoms with Crippen LogP contribution in [-0.4, -0.2) is 73.2 Å². The van der Waals surface area contributed by atoms with Gasteiger partial charge < -0.3 is 40.2 Å². The number of ether oxygens (including phenoxy) is 4. The van der Waals surface area contributed by atoms with Crippen LogP contribution in [-0.2, 0) is 66.5 Å². The molecule has 0 atom stereocenters. The van der Waals surface area contributed by atoms with Crippen LogP contribution in [0.15, 0.2) is 291 Å². The monoisotopic (exact) mass is 1700 g/mol. The lowest BCUT2D eigenvalue weighted by Gasteiger charge is -2.29. The summed E-state index contributed by atoms with van der Waals surface area (Å²) in [6.07, 6.45) is 13.5. The maximum absolute atomic E-state index is 14.8. The van der Waals surface area contributed by atoms with Crippen LogP contribution < -0.4 is 40.2 Å². The Morgan fingerprint density at radius 2 is 0.406 bits per heavy atom. The average molecular weight is 1700 g/mol. The number of ketones is 4. The minimum atomic E-state index is -0.516.